The molecule has 0 rings (SSSR count). The molecule has 0 heterocycles. The molecular formula is C4H7F3O5S2. The minimum absolute atomic E-state index is 0.987. The molecule has 10 heteroatoms. The van der Waals surface area contributed by atoms with Gasteiger partial charge in [0, 0.05) is 0 Å². The third kappa shape index (κ3) is 3.10. The first-order valence-corrected chi connectivity index (χ1v) is 6.04. The van der Waals surface area contributed by atoms with Crippen LogP contribution in [0, 0.1) is 0 Å². The van der Waals surface area contributed by atoms with E-state index in [1.807, 2.05) is 0 Å². The summed E-state index contributed by atoms with van der Waals surface area (Å²) < 4.78 is 79.9. The second-order valence-corrected chi connectivity index (χ2v) is 6.35. The molecule has 0 aliphatic rings. The fourth-order valence-electron chi connectivity index (χ4n) is 0.242. The van der Waals surface area contributed by atoms with Crippen LogP contribution in [0.5, 0.6) is 0 Å². The molecule has 0 aromatic heterocycles. The Morgan fingerprint density at radius 3 is 1.64 bits per heavy atom. The maximum atomic E-state index is 11.6. The van der Waals surface area contributed by atoms with Gasteiger partial charge in [-0.1, -0.05) is 0 Å². The van der Waals surface area contributed by atoms with Gasteiger partial charge < -0.3 is 0 Å². The molecule has 0 radical (unpaired) electrons. The molecule has 86 valence electrons. The Bertz CT molecular complexity index is 389. The molecule has 14 heavy (non-hydrogen) atoms. The Balaban J connectivity index is 5.09. The van der Waals surface area contributed by atoms with Crippen LogP contribution in [0.25, 0.3) is 0 Å². The van der Waals surface area contributed by atoms with Crippen LogP contribution in [0.4, 0.5) is 13.2 Å². The van der Waals surface area contributed by atoms with E-state index in [1.54, 1.807) is 0 Å². The number of alkyl halides is 3. The summed E-state index contributed by atoms with van der Waals surface area (Å²) in [7, 11) is -10.8. The summed E-state index contributed by atoms with van der Waals surface area (Å²) in [6, 6.07) is 0. The molecule has 0 aliphatic heterocycles. The molecule has 0 saturated heterocycles. The lowest BCUT2D eigenvalue weighted by atomic mass is 10.6. The molecule has 0 aliphatic carbocycles. The first kappa shape index (κ1) is 13.7. The molecule has 0 N–H and O–H groups in total. The van der Waals surface area contributed by atoms with Crippen LogP contribution in [0.1, 0.15) is 13.8 Å². The zero-order chi connectivity index (χ0) is 11.8. The van der Waals surface area contributed by atoms with E-state index in [0.717, 1.165) is 13.8 Å². The van der Waals surface area contributed by atoms with Crippen LogP contribution >= 0.6 is 0 Å². The highest BCUT2D eigenvalue weighted by Gasteiger charge is 2.50. The lowest BCUT2D eigenvalue weighted by Gasteiger charge is -2.09. The van der Waals surface area contributed by atoms with Crippen molar-refractivity contribution in [1.82, 2.24) is 0 Å². The normalized spacial score (nSPS) is 14.7. The zero-order valence-electron chi connectivity index (χ0n) is 7.07. The van der Waals surface area contributed by atoms with Gasteiger partial charge in [0.1, 0.15) is 0 Å². The number of hydrogen-bond acceptors (Lipinski definition) is 5. The highest BCUT2D eigenvalue weighted by Crippen LogP contribution is 2.26. The summed E-state index contributed by atoms with van der Waals surface area (Å²) in [6.45, 7) is 1.97. The molecule has 0 aromatic rings. The maximum Gasteiger partial charge on any atom is 0.524 e. The number of hydrogen-bond donors (Lipinski definition) is 0. The monoisotopic (exact) mass is 256 g/mol. The Kier molecular flexibility index (Phi) is 3.57. The van der Waals surface area contributed by atoms with E-state index in [9.17, 15) is 30.0 Å². The summed E-state index contributed by atoms with van der Waals surface area (Å²) in [6.07, 6.45) is 0. The van der Waals surface area contributed by atoms with E-state index in [1.165, 1.54) is 0 Å². The van der Waals surface area contributed by atoms with E-state index < -0.39 is 31.0 Å². The molecular weight excluding hydrogens is 249 g/mol. The van der Waals surface area contributed by atoms with Crippen molar-refractivity contribution in [2.24, 2.45) is 0 Å². The highest BCUT2D eigenvalue weighted by molar-refractivity contribution is 8.00. The third-order valence-corrected chi connectivity index (χ3v) is 4.24. The summed E-state index contributed by atoms with van der Waals surface area (Å²) in [4.78, 5) is 0. The summed E-state index contributed by atoms with van der Waals surface area (Å²) in [5, 5.41) is -1.38. The molecule has 0 spiro atoms. The van der Waals surface area contributed by atoms with E-state index in [0.29, 0.717) is 0 Å². The van der Waals surface area contributed by atoms with Crippen molar-refractivity contribution >= 4 is 20.2 Å². The fraction of sp³-hybridized carbons (Fsp3) is 1.00. The molecule has 0 unspecified atom stereocenters. The molecule has 0 bridgehead atoms. The van der Waals surface area contributed by atoms with Gasteiger partial charge in [-0.3, -0.25) is 0 Å². The van der Waals surface area contributed by atoms with Gasteiger partial charge in [0.15, 0.2) is 0 Å². The quantitative estimate of drug-likeness (QED) is 0.691. The van der Waals surface area contributed by atoms with Crippen molar-refractivity contribution in [1.29, 1.82) is 0 Å². The summed E-state index contributed by atoms with van der Waals surface area (Å²) >= 11 is 0. The van der Waals surface area contributed by atoms with Gasteiger partial charge in [0.2, 0.25) is 0 Å². The Morgan fingerprint density at radius 2 is 1.43 bits per heavy atom. The third-order valence-electron chi connectivity index (χ3n) is 1.05. The predicted molar refractivity (Wildman–Crippen MR) is 40.1 cm³/mol. The SMILES string of the molecule is CC(C)S(=O)(=O)OS(=O)(=O)C(F)(F)F. The Hall–Kier alpha value is -0.350. The van der Waals surface area contributed by atoms with Crippen LogP contribution in [-0.2, 0) is 23.9 Å². The van der Waals surface area contributed by atoms with Crippen LogP contribution in [-0.4, -0.2) is 27.6 Å². The van der Waals surface area contributed by atoms with Crippen LogP contribution in [0.2, 0.25) is 0 Å². The minimum atomic E-state index is -6.09. The minimum Gasteiger partial charge on any atom is -0.198 e. The molecule has 0 atom stereocenters. The first-order chi connectivity index (χ1) is 5.90. The molecule has 0 saturated carbocycles. The van der Waals surface area contributed by atoms with E-state index in [4.69, 9.17) is 0 Å². The van der Waals surface area contributed by atoms with Crippen LogP contribution in [0.15, 0.2) is 0 Å². The number of rotatable bonds is 3. The van der Waals surface area contributed by atoms with Gasteiger partial charge in [0.25, 0.3) is 10.1 Å². The van der Waals surface area contributed by atoms with Crippen molar-refractivity contribution in [2.45, 2.75) is 24.6 Å². The second-order valence-electron chi connectivity index (χ2n) is 2.51. The summed E-state index contributed by atoms with van der Waals surface area (Å²) in [5.74, 6) is 0. The second kappa shape index (κ2) is 3.66. The average Bonchev–Trinajstić information content (AvgIpc) is 1.80. The van der Waals surface area contributed by atoms with Crippen molar-refractivity contribution in [3.63, 3.8) is 0 Å². The van der Waals surface area contributed by atoms with Crippen molar-refractivity contribution in [2.75, 3.05) is 0 Å². The van der Waals surface area contributed by atoms with E-state index in [2.05, 4.69) is 3.63 Å². The predicted octanol–water partition coefficient (Wildman–Crippen LogP) is 0.591. The standard InChI is InChI=1S/C4H7F3O5S2/c1-3(2)13(8,9)12-14(10,11)4(5,6)7/h3H,1-2H3. The number of halogens is 3. The fourth-order valence-corrected chi connectivity index (χ4v) is 2.18. The largest absolute Gasteiger partial charge is 0.524 e. The van der Waals surface area contributed by atoms with Gasteiger partial charge in [-0.05, 0) is 13.8 Å². The van der Waals surface area contributed by atoms with Crippen molar-refractivity contribution in [3.05, 3.63) is 0 Å². The first-order valence-electron chi connectivity index (χ1n) is 3.16. The summed E-state index contributed by atoms with van der Waals surface area (Å²) in [5.41, 5.74) is -5.74. The Labute approximate surface area is 79.1 Å². The molecule has 0 amide bonds. The van der Waals surface area contributed by atoms with Gasteiger partial charge in [-0.2, -0.15) is 30.0 Å². The lowest BCUT2D eigenvalue weighted by Crippen LogP contribution is -2.30. The Morgan fingerprint density at radius 1 is 1.07 bits per heavy atom. The lowest BCUT2D eigenvalue weighted by molar-refractivity contribution is -0.0498. The maximum absolute atomic E-state index is 11.6. The van der Waals surface area contributed by atoms with Gasteiger partial charge in [0.05, 0.1) is 5.25 Å². The van der Waals surface area contributed by atoms with Crippen molar-refractivity contribution < 1.29 is 33.6 Å². The van der Waals surface area contributed by atoms with Gasteiger partial charge in [-0.25, -0.2) is 0 Å². The van der Waals surface area contributed by atoms with Gasteiger partial charge in [-0.15, -0.1) is 3.63 Å². The van der Waals surface area contributed by atoms with Crippen LogP contribution in [0.3, 0.4) is 0 Å². The topological polar surface area (TPSA) is 77.5 Å². The van der Waals surface area contributed by atoms with Crippen LogP contribution < -0.4 is 0 Å². The zero-order valence-corrected chi connectivity index (χ0v) is 8.70. The van der Waals surface area contributed by atoms with Gasteiger partial charge >= 0.3 is 15.6 Å². The van der Waals surface area contributed by atoms with E-state index in [-0.39, 0.29) is 0 Å². The van der Waals surface area contributed by atoms with E-state index >= 15 is 0 Å². The highest BCUT2D eigenvalue weighted by atomic mass is 32.3. The molecule has 0 aromatic carbocycles. The van der Waals surface area contributed by atoms with Crippen molar-refractivity contribution in [3.8, 4) is 0 Å². The smallest absolute Gasteiger partial charge is 0.198 e. The average molecular weight is 256 g/mol. The molecule has 5 nitrogen and oxygen atoms in total. The molecule has 0 fully saturated rings.